The van der Waals surface area contributed by atoms with Gasteiger partial charge in [-0.05, 0) is 48.5 Å². The minimum absolute atomic E-state index is 0.0813. The molecule has 1 aliphatic heterocycles. The number of amides is 2. The average molecular weight is 314 g/mol. The fourth-order valence-corrected chi connectivity index (χ4v) is 1.59. The van der Waals surface area contributed by atoms with Crippen LogP contribution in [0, 0.1) is 0 Å². The molecule has 0 aliphatic carbocycles. The summed E-state index contributed by atoms with van der Waals surface area (Å²) in [5, 5.41) is 0. The molecule has 0 spiro atoms. The molecule has 0 aromatic rings. The lowest BCUT2D eigenvalue weighted by Gasteiger charge is -2.30. The molecule has 1 heterocycles. The smallest absolute Gasteiger partial charge is 0.428 e. The van der Waals surface area contributed by atoms with E-state index in [1.165, 1.54) is 0 Å². The summed E-state index contributed by atoms with van der Waals surface area (Å²) in [4.78, 5) is 29.5. The van der Waals surface area contributed by atoms with E-state index in [0.29, 0.717) is 11.4 Å². The standard InChI is InChI=1S/C15H26N2O5/c1-10-8-9-16-11(20-10)17(12(18)21-14(2,3)4)13(19)22-15(5,6)7/h10H,8-9H2,1-7H3/t10-/m1/s1. The molecule has 126 valence electrons. The molecule has 0 fully saturated rings. The minimum atomic E-state index is -0.866. The SMILES string of the molecule is C[C@@H]1CCN=C(N(C(=O)OC(C)(C)C)C(=O)OC(C)(C)C)O1. The normalized spacial score (nSPS) is 18.9. The number of carbonyl (C=O) groups is 2. The fraction of sp³-hybridized carbons (Fsp3) is 0.800. The van der Waals surface area contributed by atoms with Gasteiger partial charge in [-0.1, -0.05) is 0 Å². The molecule has 0 aromatic carbocycles. The van der Waals surface area contributed by atoms with Crippen LogP contribution in [0.3, 0.4) is 0 Å². The molecule has 7 nitrogen and oxygen atoms in total. The van der Waals surface area contributed by atoms with Gasteiger partial charge in [0, 0.05) is 13.0 Å². The van der Waals surface area contributed by atoms with Crippen molar-refractivity contribution in [3.63, 3.8) is 0 Å². The third kappa shape index (κ3) is 5.91. The molecule has 1 atom stereocenters. The van der Waals surface area contributed by atoms with Crippen molar-refractivity contribution >= 4 is 18.2 Å². The van der Waals surface area contributed by atoms with E-state index in [-0.39, 0.29) is 12.1 Å². The van der Waals surface area contributed by atoms with Crippen molar-refractivity contribution in [1.29, 1.82) is 0 Å². The molecule has 0 saturated heterocycles. The Balaban J connectivity index is 3.02. The fourth-order valence-electron chi connectivity index (χ4n) is 1.59. The topological polar surface area (TPSA) is 77.4 Å². The van der Waals surface area contributed by atoms with Gasteiger partial charge in [0.2, 0.25) is 0 Å². The van der Waals surface area contributed by atoms with Crippen LogP contribution in [-0.2, 0) is 14.2 Å². The van der Waals surface area contributed by atoms with Crippen LogP contribution in [0.4, 0.5) is 9.59 Å². The highest BCUT2D eigenvalue weighted by molar-refractivity contribution is 6.06. The van der Waals surface area contributed by atoms with Crippen molar-refractivity contribution < 1.29 is 23.8 Å². The van der Waals surface area contributed by atoms with Crippen LogP contribution in [0.5, 0.6) is 0 Å². The quantitative estimate of drug-likeness (QED) is 0.685. The molecule has 0 N–H and O–H groups in total. The maximum Gasteiger partial charge on any atom is 0.428 e. The molecule has 22 heavy (non-hydrogen) atoms. The number of carbonyl (C=O) groups excluding carboxylic acids is 2. The van der Waals surface area contributed by atoms with Gasteiger partial charge in [0.15, 0.2) is 0 Å². The molecule has 0 bridgehead atoms. The number of imide groups is 1. The Bertz CT molecular complexity index is 432. The first kappa shape index (κ1) is 18.3. The maximum absolute atomic E-state index is 12.3. The molecule has 7 heteroatoms. The number of rotatable bonds is 0. The molecule has 0 saturated carbocycles. The summed E-state index contributed by atoms with van der Waals surface area (Å²) < 4.78 is 16.0. The minimum Gasteiger partial charge on any atom is -0.461 e. The van der Waals surface area contributed by atoms with Crippen LogP contribution in [0.2, 0.25) is 0 Å². The van der Waals surface area contributed by atoms with E-state index in [1.54, 1.807) is 41.5 Å². The average Bonchev–Trinajstić information content (AvgIpc) is 2.23. The van der Waals surface area contributed by atoms with E-state index in [2.05, 4.69) is 4.99 Å². The summed E-state index contributed by atoms with van der Waals surface area (Å²) in [5.74, 6) is 0. The lowest BCUT2D eigenvalue weighted by molar-refractivity contribution is 0.00725. The Kier molecular flexibility index (Phi) is 5.43. The largest absolute Gasteiger partial charge is 0.461 e. The summed E-state index contributed by atoms with van der Waals surface area (Å²) in [7, 11) is 0. The molecule has 0 radical (unpaired) electrons. The highest BCUT2D eigenvalue weighted by Crippen LogP contribution is 2.18. The molecular weight excluding hydrogens is 288 g/mol. The van der Waals surface area contributed by atoms with Gasteiger partial charge in [-0.15, -0.1) is 4.90 Å². The van der Waals surface area contributed by atoms with E-state index < -0.39 is 23.4 Å². The lowest BCUT2D eigenvalue weighted by atomic mass is 10.2. The van der Waals surface area contributed by atoms with Gasteiger partial charge in [-0.25, -0.2) is 14.6 Å². The number of nitrogens with zero attached hydrogens (tertiary/aromatic N) is 2. The summed E-state index contributed by atoms with van der Waals surface area (Å²) in [6.45, 7) is 12.6. The predicted molar refractivity (Wildman–Crippen MR) is 81.8 cm³/mol. The van der Waals surface area contributed by atoms with E-state index in [1.807, 2.05) is 6.92 Å². The Hall–Kier alpha value is -1.79. The van der Waals surface area contributed by atoms with Crippen molar-refractivity contribution in [2.45, 2.75) is 72.2 Å². The molecular formula is C15H26N2O5. The van der Waals surface area contributed by atoms with Crippen LogP contribution in [0.25, 0.3) is 0 Å². The van der Waals surface area contributed by atoms with Crippen molar-refractivity contribution in [2.24, 2.45) is 4.99 Å². The third-order valence-electron chi connectivity index (χ3n) is 2.43. The lowest BCUT2D eigenvalue weighted by Crippen LogP contribution is -2.49. The van der Waals surface area contributed by atoms with Gasteiger partial charge >= 0.3 is 18.2 Å². The zero-order valence-electron chi connectivity index (χ0n) is 14.4. The zero-order valence-corrected chi connectivity index (χ0v) is 14.4. The van der Waals surface area contributed by atoms with Crippen LogP contribution in [-0.4, -0.2) is 47.0 Å². The molecule has 1 aliphatic rings. The van der Waals surface area contributed by atoms with Gasteiger partial charge in [-0.2, -0.15) is 0 Å². The highest BCUT2D eigenvalue weighted by Gasteiger charge is 2.37. The number of ether oxygens (including phenoxy) is 3. The van der Waals surface area contributed by atoms with Crippen LogP contribution in [0.15, 0.2) is 4.99 Å². The van der Waals surface area contributed by atoms with Crippen molar-refractivity contribution in [2.75, 3.05) is 6.54 Å². The summed E-state index contributed by atoms with van der Waals surface area (Å²) in [5.41, 5.74) is -1.50. The zero-order chi connectivity index (χ0) is 17.1. The van der Waals surface area contributed by atoms with Gasteiger partial charge in [0.1, 0.15) is 17.3 Å². The highest BCUT2D eigenvalue weighted by atomic mass is 16.6. The van der Waals surface area contributed by atoms with E-state index in [0.717, 1.165) is 6.42 Å². The Morgan fingerprint density at radius 1 is 1.09 bits per heavy atom. The van der Waals surface area contributed by atoms with Crippen LogP contribution in [0.1, 0.15) is 54.9 Å². The second-order valence-corrected chi connectivity index (χ2v) is 7.18. The summed E-state index contributed by atoms with van der Waals surface area (Å²) >= 11 is 0. The molecule has 2 amide bonds. The van der Waals surface area contributed by atoms with Gasteiger partial charge in [0.05, 0.1) is 0 Å². The van der Waals surface area contributed by atoms with E-state index in [9.17, 15) is 9.59 Å². The maximum atomic E-state index is 12.3. The van der Waals surface area contributed by atoms with E-state index in [4.69, 9.17) is 14.2 Å². The second-order valence-electron chi connectivity index (χ2n) is 7.18. The Morgan fingerprint density at radius 2 is 1.55 bits per heavy atom. The predicted octanol–water partition coefficient (Wildman–Crippen LogP) is 3.32. The number of aliphatic imine (C=N–C) groups is 1. The van der Waals surface area contributed by atoms with Crippen LogP contribution < -0.4 is 0 Å². The second kappa shape index (κ2) is 6.54. The Labute approximate surface area is 131 Å². The molecule has 0 unspecified atom stereocenters. The first-order chi connectivity index (χ1) is 9.89. The number of amidine groups is 1. The monoisotopic (exact) mass is 314 g/mol. The Morgan fingerprint density at radius 3 is 1.91 bits per heavy atom. The summed E-state index contributed by atoms with van der Waals surface area (Å²) in [6.07, 6.45) is -1.15. The number of hydrogen-bond donors (Lipinski definition) is 0. The van der Waals surface area contributed by atoms with Crippen molar-refractivity contribution in [3.05, 3.63) is 0 Å². The van der Waals surface area contributed by atoms with Gasteiger partial charge in [0.25, 0.3) is 0 Å². The number of hydrogen-bond acceptors (Lipinski definition) is 6. The summed E-state index contributed by atoms with van der Waals surface area (Å²) in [6, 6.07) is -0.0813. The molecule has 1 rings (SSSR count). The van der Waals surface area contributed by atoms with Crippen molar-refractivity contribution in [3.8, 4) is 0 Å². The van der Waals surface area contributed by atoms with Gasteiger partial charge < -0.3 is 14.2 Å². The third-order valence-corrected chi connectivity index (χ3v) is 2.43. The van der Waals surface area contributed by atoms with E-state index >= 15 is 0 Å². The first-order valence-corrected chi connectivity index (χ1v) is 7.36. The van der Waals surface area contributed by atoms with Crippen molar-refractivity contribution in [1.82, 2.24) is 4.90 Å². The first-order valence-electron chi connectivity index (χ1n) is 7.36. The van der Waals surface area contributed by atoms with Gasteiger partial charge in [-0.3, -0.25) is 0 Å². The molecule has 0 aromatic heterocycles. The van der Waals surface area contributed by atoms with Crippen LogP contribution >= 0.6 is 0 Å².